The molecule has 3 aromatic rings. The third-order valence-electron chi connectivity index (χ3n) is 4.63. The van der Waals surface area contributed by atoms with Crippen molar-refractivity contribution in [1.82, 2.24) is 0 Å². The SMILES string of the molecule is CCCCOC(=O)c1ccc(NC(=O)c2ccc(NS(=O)(=O)c3ccccc3)cc2Cl)cc1. The van der Waals surface area contributed by atoms with E-state index in [-0.39, 0.29) is 21.2 Å². The number of carbonyl (C=O) groups is 2. The van der Waals surface area contributed by atoms with Crippen LogP contribution in [0.15, 0.2) is 77.7 Å². The van der Waals surface area contributed by atoms with Crippen molar-refractivity contribution in [3.05, 3.63) is 88.9 Å². The lowest BCUT2D eigenvalue weighted by molar-refractivity contribution is 0.0499. The zero-order chi connectivity index (χ0) is 23.8. The fourth-order valence-corrected chi connectivity index (χ4v) is 4.19. The zero-order valence-electron chi connectivity index (χ0n) is 17.9. The third kappa shape index (κ3) is 6.57. The van der Waals surface area contributed by atoms with E-state index in [2.05, 4.69) is 10.0 Å². The van der Waals surface area contributed by atoms with Crippen LogP contribution in [0.25, 0.3) is 0 Å². The van der Waals surface area contributed by atoms with E-state index in [9.17, 15) is 18.0 Å². The topological polar surface area (TPSA) is 102 Å². The molecule has 0 saturated heterocycles. The standard InChI is InChI=1S/C24H23ClN2O5S/c1-2-3-15-32-24(29)17-9-11-18(12-10-17)26-23(28)21-14-13-19(16-22(21)25)27-33(30,31)20-7-5-4-6-8-20/h4-14,16,27H,2-3,15H2,1H3,(H,26,28). The Morgan fingerprint density at radius 1 is 0.939 bits per heavy atom. The van der Waals surface area contributed by atoms with Crippen molar-refractivity contribution >= 4 is 44.9 Å². The molecule has 0 unspecified atom stereocenters. The smallest absolute Gasteiger partial charge is 0.338 e. The molecule has 0 aliphatic carbocycles. The highest BCUT2D eigenvalue weighted by atomic mass is 35.5. The Bertz CT molecular complexity index is 1230. The minimum Gasteiger partial charge on any atom is -0.462 e. The minimum atomic E-state index is -3.78. The highest BCUT2D eigenvalue weighted by molar-refractivity contribution is 7.92. The minimum absolute atomic E-state index is 0.0804. The number of amides is 1. The summed E-state index contributed by atoms with van der Waals surface area (Å²) in [5.74, 6) is -0.895. The molecule has 0 radical (unpaired) electrons. The maximum Gasteiger partial charge on any atom is 0.338 e. The van der Waals surface area contributed by atoms with Gasteiger partial charge in [-0.1, -0.05) is 43.1 Å². The number of rotatable bonds is 9. The second-order valence-electron chi connectivity index (χ2n) is 7.13. The highest BCUT2D eigenvalue weighted by Gasteiger charge is 2.16. The summed E-state index contributed by atoms with van der Waals surface area (Å²) < 4.78 is 32.5. The van der Waals surface area contributed by atoms with Gasteiger partial charge in [0, 0.05) is 5.69 Å². The van der Waals surface area contributed by atoms with E-state index in [1.807, 2.05) is 6.92 Å². The second kappa shape index (κ2) is 11.0. The number of sulfonamides is 1. The number of nitrogens with one attached hydrogen (secondary N) is 2. The molecule has 0 heterocycles. The number of esters is 1. The average Bonchev–Trinajstić information content (AvgIpc) is 2.80. The molecule has 3 aromatic carbocycles. The lowest BCUT2D eigenvalue weighted by Gasteiger charge is -2.11. The van der Waals surface area contributed by atoms with Crippen LogP contribution in [0.5, 0.6) is 0 Å². The molecule has 33 heavy (non-hydrogen) atoms. The van der Waals surface area contributed by atoms with Crippen LogP contribution in [0.2, 0.25) is 5.02 Å². The summed E-state index contributed by atoms with van der Waals surface area (Å²) in [4.78, 5) is 24.7. The van der Waals surface area contributed by atoms with Crippen LogP contribution < -0.4 is 10.0 Å². The van der Waals surface area contributed by atoms with E-state index in [4.69, 9.17) is 16.3 Å². The Balaban J connectivity index is 1.65. The van der Waals surface area contributed by atoms with Crippen molar-refractivity contribution in [3.63, 3.8) is 0 Å². The Hall–Kier alpha value is -3.36. The summed E-state index contributed by atoms with van der Waals surface area (Å²) in [5.41, 5.74) is 1.25. The van der Waals surface area contributed by atoms with E-state index < -0.39 is 21.9 Å². The molecule has 7 nitrogen and oxygen atoms in total. The fourth-order valence-electron chi connectivity index (χ4n) is 2.86. The summed E-state index contributed by atoms with van der Waals surface area (Å²) in [7, 11) is -3.78. The summed E-state index contributed by atoms with van der Waals surface area (Å²) in [5, 5.41) is 2.78. The first-order chi connectivity index (χ1) is 15.8. The maximum absolute atomic E-state index is 12.6. The zero-order valence-corrected chi connectivity index (χ0v) is 19.4. The normalized spacial score (nSPS) is 11.0. The van der Waals surface area contributed by atoms with Gasteiger partial charge >= 0.3 is 5.97 Å². The molecular weight excluding hydrogens is 464 g/mol. The van der Waals surface area contributed by atoms with Crippen LogP contribution in [-0.4, -0.2) is 26.9 Å². The van der Waals surface area contributed by atoms with Crippen molar-refractivity contribution in [2.24, 2.45) is 0 Å². The van der Waals surface area contributed by atoms with Crippen LogP contribution in [0, 0.1) is 0 Å². The molecule has 0 saturated carbocycles. The van der Waals surface area contributed by atoms with Crippen LogP contribution in [0.4, 0.5) is 11.4 Å². The van der Waals surface area contributed by atoms with Crippen molar-refractivity contribution in [2.45, 2.75) is 24.7 Å². The summed E-state index contributed by atoms with van der Waals surface area (Å²) in [6, 6.07) is 18.5. The number of hydrogen-bond donors (Lipinski definition) is 2. The molecule has 0 aromatic heterocycles. The molecule has 1 amide bonds. The average molecular weight is 487 g/mol. The van der Waals surface area contributed by atoms with E-state index in [0.717, 1.165) is 12.8 Å². The van der Waals surface area contributed by atoms with Gasteiger partial charge in [0.1, 0.15) is 0 Å². The maximum atomic E-state index is 12.6. The Morgan fingerprint density at radius 2 is 1.61 bits per heavy atom. The van der Waals surface area contributed by atoms with Gasteiger partial charge in [-0.15, -0.1) is 0 Å². The molecule has 0 fully saturated rings. The number of benzene rings is 3. The quantitative estimate of drug-likeness (QED) is 0.313. The van der Waals surface area contributed by atoms with Gasteiger partial charge < -0.3 is 10.1 Å². The lowest BCUT2D eigenvalue weighted by Crippen LogP contribution is -2.15. The summed E-state index contributed by atoms with van der Waals surface area (Å²) in [6.45, 7) is 2.37. The molecule has 9 heteroatoms. The van der Waals surface area contributed by atoms with Crippen LogP contribution in [0.1, 0.15) is 40.5 Å². The molecule has 172 valence electrons. The molecule has 2 N–H and O–H groups in total. The van der Waals surface area contributed by atoms with Gasteiger partial charge in [-0.05, 0) is 61.0 Å². The number of anilines is 2. The Labute approximate surface area is 197 Å². The van der Waals surface area contributed by atoms with Gasteiger partial charge in [-0.2, -0.15) is 0 Å². The van der Waals surface area contributed by atoms with Gasteiger partial charge in [0.2, 0.25) is 0 Å². The molecule has 0 spiro atoms. The van der Waals surface area contributed by atoms with Crippen molar-refractivity contribution in [2.75, 3.05) is 16.6 Å². The lowest BCUT2D eigenvalue weighted by atomic mass is 10.1. The van der Waals surface area contributed by atoms with Gasteiger partial charge in [-0.3, -0.25) is 9.52 Å². The molecule has 0 aliphatic heterocycles. The number of unbranched alkanes of at least 4 members (excludes halogenated alkanes) is 1. The van der Waals surface area contributed by atoms with E-state index in [0.29, 0.717) is 17.9 Å². The first kappa shape index (κ1) is 24.3. The summed E-state index contributed by atoms with van der Waals surface area (Å²) >= 11 is 6.24. The van der Waals surface area contributed by atoms with Gasteiger partial charge in [0.05, 0.1) is 33.3 Å². The number of ether oxygens (including phenoxy) is 1. The molecule has 0 bridgehead atoms. The van der Waals surface area contributed by atoms with Crippen LogP contribution >= 0.6 is 11.6 Å². The number of hydrogen-bond acceptors (Lipinski definition) is 5. The molecule has 3 rings (SSSR count). The predicted molar refractivity (Wildman–Crippen MR) is 128 cm³/mol. The van der Waals surface area contributed by atoms with E-state index >= 15 is 0 Å². The summed E-state index contributed by atoms with van der Waals surface area (Å²) in [6.07, 6.45) is 1.73. The largest absolute Gasteiger partial charge is 0.462 e. The van der Waals surface area contributed by atoms with E-state index in [1.54, 1.807) is 42.5 Å². The van der Waals surface area contributed by atoms with Crippen LogP contribution in [-0.2, 0) is 14.8 Å². The fraction of sp³-hybridized carbons (Fsp3) is 0.167. The van der Waals surface area contributed by atoms with Gasteiger partial charge in [0.25, 0.3) is 15.9 Å². The van der Waals surface area contributed by atoms with Crippen molar-refractivity contribution < 1.29 is 22.7 Å². The van der Waals surface area contributed by atoms with Gasteiger partial charge in [0.15, 0.2) is 0 Å². The Kier molecular flexibility index (Phi) is 8.08. The number of carbonyl (C=O) groups excluding carboxylic acids is 2. The second-order valence-corrected chi connectivity index (χ2v) is 9.22. The predicted octanol–water partition coefficient (Wildman–Crippen LogP) is 5.35. The highest BCUT2D eigenvalue weighted by Crippen LogP contribution is 2.24. The third-order valence-corrected chi connectivity index (χ3v) is 6.34. The first-order valence-electron chi connectivity index (χ1n) is 10.3. The van der Waals surface area contributed by atoms with Gasteiger partial charge in [-0.25, -0.2) is 13.2 Å². The van der Waals surface area contributed by atoms with Crippen molar-refractivity contribution in [1.29, 1.82) is 0 Å². The molecule has 0 aliphatic rings. The number of halogens is 1. The molecule has 0 atom stereocenters. The molecular formula is C24H23ClN2O5S. The van der Waals surface area contributed by atoms with Crippen LogP contribution in [0.3, 0.4) is 0 Å². The monoisotopic (exact) mass is 486 g/mol. The first-order valence-corrected chi connectivity index (χ1v) is 12.1. The van der Waals surface area contributed by atoms with Crippen molar-refractivity contribution in [3.8, 4) is 0 Å². The van der Waals surface area contributed by atoms with E-state index in [1.165, 1.54) is 30.3 Å². The Morgan fingerprint density at radius 3 is 2.24 bits per heavy atom.